The Morgan fingerprint density at radius 2 is 2.00 bits per heavy atom. The highest BCUT2D eigenvalue weighted by Crippen LogP contribution is 2.10. The lowest BCUT2D eigenvalue weighted by atomic mass is 10.1. The Labute approximate surface area is 90.6 Å². The molecule has 0 bridgehead atoms. The number of unbranched alkanes of at least 4 members (excludes halogenated alkanes) is 2. The molecular formula is C12H19Br. The molecule has 0 unspecified atom stereocenters. The third kappa shape index (κ3) is 8.04. The molecule has 0 saturated carbocycles. The molecule has 0 aliphatic carbocycles. The monoisotopic (exact) mass is 242 g/mol. The molecule has 0 saturated heterocycles. The second kappa shape index (κ2) is 8.31. The zero-order valence-electron chi connectivity index (χ0n) is 8.65. The zero-order valence-corrected chi connectivity index (χ0v) is 10.2. The Balaban J connectivity index is 4.00. The van der Waals surface area contributed by atoms with Crippen LogP contribution in [0, 0.1) is 0 Å². The van der Waals surface area contributed by atoms with Crippen LogP contribution in [0.2, 0.25) is 0 Å². The van der Waals surface area contributed by atoms with Crippen molar-refractivity contribution in [3.05, 3.63) is 34.9 Å². The largest absolute Gasteiger partial charge is 0.0847 e. The van der Waals surface area contributed by atoms with Gasteiger partial charge in [-0.25, -0.2) is 0 Å². The third-order valence-electron chi connectivity index (χ3n) is 1.85. The van der Waals surface area contributed by atoms with Crippen molar-refractivity contribution in [1.29, 1.82) is 0 Å². The van der Waals surface area contributed by atoms with E-state index in [9.17, 15) is 0 Å². The lowest BCUT2D eigenvalue weighted by molar-refractivity contribution is 0.809. The highest BCUT2D eigenvalue weighted by atomic mass is 79.9. The molecule has 0 aromatic rings. The molecule has 0 N–H and O–H groups in total. The van der Waals surface area contributed by atoms with E-state index in [0.29, 0.717) is 0 Å². The SMILES string of the molecule is C=C(Br)/C=C\C(=C/CCCC)CC. The van der Waals surface area contributed by atoms with Gasteiger partial charge in [0.1, 0.15) is 0 Å². The average molecular weight is 243 g/mol. The maximum Gasteiger partial charge on any atom is 0.0103 e. The van der Waals surface area contributed by atoms with Crippen molar-refractivity contribution in [2.75, 3.05) is 0 Å². The third-order valence-corrected chi connectivity index (χ3v) is 2.12. The smallest absolute Gasteiger partial charge is 0.0103 e. The minimum Gasteiger partial charge on any atom is -0.0847 e. The van der Waals surface area contributed by atoms with E-state index in [-0.39, 0.29) is 0 Å². The van der Waals surface area contributed by atoms with Crippen LogP contribution >= 0.6 is 15.9 Å². The number of halogens is 1. The topological polar surface area (TPSA) is 0 Å². The van der Waals surface area contributed by atoms with Crippen LogP contribution < -0.4 is 0 Å². The van der Waals surface area contributed by atoms with Gasteiger partial charge in [0.2, 0.25) is 0 Å². The second-order valence-corrected chi connectivity index (χ2v) is 4.07. The van der Waals surface area contributed by atoms with Crippen LogP contribution in [0.4, 0.5) is 0 Å². The Morgan fingerprint density at radius 3 is 2.46 bits per heavy atom. The Bertz CT molecular complexity index is 199. The van der Waals surface area contributed by atoms with Crippen LogP contribution in [0.25, 0.3) is 0 Å². The molecule has 1 heteroatoms. The lowest BCUT2D eigenvalue weighted by Gasteiger charge is -1.97. The fraction of sp³-hybridized carbons (Fsp3) is 0.500. The summed E-state index contributed by atoms with van der Waals surface area (Å²) in [4.78, 5) is 0. The quantitative estimate of drug-likeness (QED) is 0.456. The molecule has 0 rings (SSSR count). The minimum absolute atomic E-state index is 0.933. The summed E-state index contributed by atoms with van der Waals surface area (Å²) < 4.78 is 0.933. The van der Waals surface area contributed by atoms with E-state index in [2.05, 4.69) is 48.5 Å². The number of allylic oxidation sites excluding steroid dienone is 5. The first-order valence-electron chi connectivity index (χ1n) is 4.92. The van der Waals surface area contributed by atoms with Crippen LogP contribution in [0.15, 0.2) is 34.9 Å². The molecule has 0 radical (unpaired) electrons. The first kappa shape index (κ1) is 12.7. The van der Waals surface area contributed by atoms with Crippen LogP contribution in [-0.2, 0) is 0 Å². The summed E-state index contributed by atoms with van der Waals surface area (Å²) in [7, 11) is 0. The van der Waals surface area contributed by atoms with E-state index < -0.39 is 0 Å². The van der Waals surface area contributed by atoms with Gasteiger partial charge in [-0.15, -0.1) is 0 Å². The first-order valence-corrected chi connectivity index (χ1v) is 5.71. The normalized spacial score (nSPS) is 12.4. The van der Waals surface area contributed by atoms with E-state index in [1.165, 1.54) is 24.8 Å². The molecular weight excluding hydrogens is 224 g/mol. The molecule has 0 aliphatic heterocycles. The zero-order chi connectivity index (χ0) is 10.1. The van der Waals surface area contributed by atoms with E-state index in [4.69, 9.17) is 0 Å². The molecule has 0 atom stereocenters. The van der Waals surface area contributed by atoms with Crippen LogP contribution in [-0.4, -0.2) is 0 Å². The lowest BCUT2D eigenvalue weighted by Crippen LogP contribution is -1.76. The van der Waals surface area contributed by atoms with Gasteiger partial charge >= 0.3 is 0 Å². The Hall–Kier alpha value is -0.300. The molecule has 0 aromatic carbocycles. The number of rotatable bonds is 6. The summed E-state index contributed by atoms with van der Waals surface area (Å²) in [5.74, 6) is 0. The van der Waals surface area contributed by atoms with Crippen molar-refractivity contribution in [1.82, 2.24) is 0 Å². The van der Waals surface area contributed by atoms with Crippen molar-refractivity contribution in [2.24, 2.45) is 0 Å². The molecule has 0 heterocycles. The first-order chi connectivity index (χ1) is 6.20. The van der Waals surface area contributed by atoms with Gasteiger partial charge in [-0.3, -0.25) is 0 Å². The molecule has 0 spiro atoms. The van der Waals surface area contributed by atoms with Gasteiger partial charge in [0.15, 0.2) is 0 Å². The summed E-state index contributed by atoms with van der Waals surface area (Å²) in [5.41, 5.74) is 1.40. The molecule has 13 heavy (non-hydrogen) atoms. The van der Waals surface area contributed by atoms with Gasteiger partial charge in [0, 0.05) is 4.48 Å². The maximum atomic E-state index is 3.76. The van der Waals surface area contributed by atoms with Crippen molar-refractivity contribution in [3.8, 4) is 0 Å². The summed E-state index contributed by atoms with van der Waals surface area (Å²) in [6.07, 6.45) is 11.3. The second-order valence-electron chi connectivity index (χ2n) is 3.06. The van der Waals surface area contributed by atoms with Gasteiger partial charge in [-0.2, -0.15) is 0 Å². The van der Waals surface area contributed by atoms with Crippen molar-refractivity contribution < 1.29 is 0 Å². The number of hydrogen-bond donors (Lipinski definition) is 0. The Kier molecular flexibility index (Phi) is 8.11. The fourth-order valence-electron chi connectivity index (χ4n) is 1.02. The fourth-order valence-corrected chi connectivity index (χ4v) is 1.15. The van der Waals surface area contributed by atoms with Gasteiger partial charge in [0.05, 0.1) is 0 Å². The van der Waals surface area contributed by atoms with Gasteiger partial charge in [0.25, 0.3) is 0 Å². The minimum atomic E-state index is 0.933. The van der Waals surface area contributed by atoms with Gasteiger partial charge < -0.3 is 0 Å². The average Bonchev–Trinajstić information content (AvgIpc) is 2.10. The van der Waals surface area contributed by atoms with Gasteiger partial charge in [-0.05, 0) is 18.9 Å². The van der Waals surface area contributed by atoms with Gasteiger partial charge in [-0.1, -0.05) is 66.9 Å². The van der Waals surface area contributed by atoms with Crippen molar-refractivity contribution in [2.45, 2.75) is 39.5 Å². The van der Waals surface area contributed by atoms with E-state index in [1.807, 2.05) is 6.08 Å². The highest BCUT2D eigenvalue weighted by molar-refractivity contribution is 9.11. The molecule has 74 valence electrons. The van der Waals surface area contributed by atoms with Crippen LogP contribution in [0.5, 0.6) is 0 Å². The molecule has 0 aliphatic rings. The standard InChI is InChI=1S/C12H19Br/c1-4-6-7-8-12(5-2)10-9-11(3)13/h8-10H,3-7H2,1-2H3/b10-9-,12-8-. The predicted octanol–water partition coefficient (Wildman–Crippen LogP) is 4.98. The van der Waals surface area contributed by atoms with Crippen LogP contribution in [0.3, 0.4) is 0 Å². The maximum absolute atomic E-state index is 3.76. The molecule has 0 aromatic heterocycles. The molecule has 0 amide bonds. The van der Waals surface area contributed by atoms with Crippen LogP contribution in [0.1, 0.15) is 39.5 Å². The Morgan fingerprint density at radius 1 is 1.31 bits per heavy atom. The van der Waals surface area contributed by atoms with E-state index >= 15 is 0 Å². The van der Waals surface area contributed by atoms with Crippen molar-refractivity contribution >= 4 is 15.9 Å². The summed E-state index contributed by atoms with van der Waals surface area (Å²) in [5, 5.41) is 0. The molecule has 0 fully saturated rings. The summed E-state index contributed by atoms with van der Waals surface area (Å²) in [6, 6.07) is 0. The van der Waals surface area contributed by atoms with E-state index in [1.54, 1.807) is 0 Å². The highest BCUT2D eigenvalue weighted by Gasteiger charge is 1.88. The predicted molar refractivity (Wildman–Crippen MR) is 65.1 cm³/mol. The van der Waals surface area contributed by atoms with E-state index in [0.717, 1.165) is 10.9 Å². The number of hydrogen-bond acceptors (Lipinski definition) is 0. The summed E-state index contributed by atoms with van der Waals surface area (Å²) >= 11 is 3.31. The molecule has 0 nitrogen and oxygen atoms in total. The summed E-state index contributed by atoms with van der Waals surface area (Å²) in [6.45, 7) is 8.16. The van der Waals surface area contributed by atoms with Crippen molar-refractivity contribution in [3.63, 3.8) is 0 Å².